The molecule has 1 aromatic rings. The molecule has 122 valence electrons. The van der Waals surface area contributed by atoms with Crippen LogP contribution in [-0.2, 0) is 12.8 Å². The molecular formula is C22H34. The van der Waals surface area contributed by atoms with Gasteiger partial charge in [-0.15, -0.1) is 0 Å². The van der Waals surface area contributed by atoms with Gasteiger partial charge in [-0.2, -0.15) is 0 Å². The van der Waals surface area contributed by atoms with Crippen molar-refractivity contribution in [1.29, 1.82) is 0 Å². The molecule has 0 heteroatoms. The Labute approximate surface area is 137 Å². The molecule has 0 spiro atoms. The Morgan fingerprint density at radius 2 is 1.55 bits per heavy atom. The molecule has 0 radical (unpaired) electrons. The number of aryl methyl sites for hydroxylation is 1. The van der Waals surface area contributed by atoms with Gasteiger partial charge >= 0.3 is 0 Å². The van der Waals surface area contributed by atoms with Gasteiger partial charge in [0.15, 0.2) is 0 Å². The van der Waals surface area contributed by atoms with E-state index in [1.54, 1.807) is 16.7 Å². The van der Waals surface area contributed by atoms with Crippen molar-refractivity contribution in [3.8, 4) is 0 Å². The van der Waals surface area contributed by atoms with Crippen molar-refractivity contribution in [2.75, 3.05) is 0 Å². The van der Waals surface area contributed by atoms with Crippen molar-refractivity contribution in [2.45, 2.75) is 90.4 Å². The number of hydrogen-bond donors (Lipinski definition) is 0. The highest BCUT2D eigenvalue weighted by atomic mass is 14.3. The summed E-state index contributed by atoms with van der Waals surface area (Å²) in [5.74, 6) is 2.83. The van der Waals surface area contributed by atoms with Crippen molar-refractivity contribution < 1.29 is 0 Å². The van der Waals surface area contributed by atoms with E-state index in [0.717, 1.165) is 17.8 Å². The highest BCUT2D eigenvalue weighted by Crippen LogP contribution is 2.39. The molecule has 0 amide bonds. The summed E-state index contributed by atoms with van der Waals surface area (Å²) in [4.78, 5) is 0. The number of fused-ring (bicyclic) bond motifs is 1. The van der Waals surface area contributed by atoms with Crippen LogP contribution in [0.25, 0.3) is 0 Å². The van der Waals surface area contributed by atoms with Crippen LogP contribution in [0.4, 0.5) is 0 Å². The summed E-state index contributed by atoms with van der Waals surface area (Å²) in [5, 5.41) is 0. The molecule has 1 fully saturated rings. The average Bonchev–Trinajstić information content (AvgIpc) is 2.56. The van der Waals surface area contributed by atoms with Crippen LogP contribution in [0.2, 0.25) is 0 Å². The third-order valence-electron chi connectivity index (χ3n) is 6.27. The molecular weight excluding hydrogens is 264 g/mol. The summed E-state index contributed by atoms with van der Waals surface area (Å²) in [6, 6.07) is 7.53. The maximum atomic E-state index is 2.59. The van der Waals surface area contributed by atoms with E-state index in [-0.39, 0.29) is 0 Å². The second-order valence-corrected chi connectivity index (χ2v) is 7.93. The Morgan fingerprint density at radius 3 is 2.27 bits per heavy atom. The molecule has 0 saturated heterocycles. The highest BCUT2D eigenvalue weighted by molar-refractivity contribution is 5.36. The van der Waals surface area contributed by atoms with Crippen LogP contribution >= 0.6 is 0 Å². The molecule has 1 unspecified atom stereocenters. The number of hydrogen-bond acceptors (Lipinski definition) is 0. The van der Waals surface area contributed by atoms with E-state index in [9.17, 15) is 0 Å². The summed E-state index contributed by atoms with van der Waals surface area (Å²) in [7, 11) is 0. The summed E-state index contributed by atoms with van der Waals surface area (Å²) in [6.07, 6.45) is 15.5. The third-order valence-corrected chi connectivity index (χ3v) is 6.27. The Bertz CT molecular complexity index is 465. The maximum Gasteiger partial charge on any atom is -0.0162 e. The Balaban J connectivity index is 1.62. The summed E-state index contributed by atoms with van der Waals surface area (Å²) in [6.45, 7) is 4.66. The van der Waals surface area contributed by atoms with Gasteiger partial charge in [-0.05, 0) is 79.4 Å². The maximum absolute atomic E-state index is 2.59. The lowest BCUT2D eigenvalue weighted by molar-refractivity contribution is 0.308. The molecule has 0 bridgehead atoms. The van der Waals surface area contributed by atoms with E-state index < -0.39 is 0 Å². The van der Waals surface area contributed by atoms with Crippen LogP contribution in [0.3, 0.4) is 0 Å². The monoisotopic (exact) mass is 298 g/mol. The zero-order chi connectivity index (χ0) is 15.4. The second kappa shape index (κ2) is 7.66. The summed E-state index contributed by atoms with van der Waals surface area (Å²) in [5.41, 5.74) is 5.00. The van der Waals surface area contributed by atoms with Crippen molar-refractivity contribution >= 4 is 0 Å². The molecule has 2 aliphatic rings. The zero-order valence-electron chi connectivity index (χ0n) is 14.7. The lowest BCUT2D eigenvalue weighted by Crippen LogP contribution is -2.16. The molecule has 22 heavy (non-hydrogen) atoms. The van der Waals surface area contributed by atoms with E-state index in [4.69, 9.17) is 0 Å². The number of benzene rings is 1. The molecule has 1 atom stereocenters. The average molecular weight is 299 g/mol. The van der Waals surface area contributed by atoms with Gasteiger partial charge in [-0.1, -0.05) is 57.7 Å². The van der Waals surface area contributed by atoms with Crippen LogP contribution in [0.15, 0.2) is 18.2 Å². The van der Waals surface area contributed by atoms with Gasteiger partial charge in [-0.25, -0.2) is 0 Å². The van der Waals surface area contributed by atoms with Crippen LogP contribution in [-0.4, -0.2) is 0 Å². The van der Waals surface area contributed by atoms with Crippen LogP contribution in [0.5, 0.6) is 0 Å². The van der Waals surface area contributed by atoms with Crippen molar-refractivity contribution in [3.05, 3.63) is 34.9 Å². The topological polar surface area (TPSA) is 0 Å². The van der Waals surface area contributed by atoms with Crippen LogP contribution < -0.4 is 0 Å². The molecule has 1 aromatic carbocycles. The summed E-state index contributed by atoms with van der Waals surface area (Å²) >= 11 is 0. The number of rotatable bonds is 5. The van der Waals surface area contributed by atoms with E-state index in [0.29, 0.717) is 0 Å². The minimum atomic E-state index is 0.853. The molecule has 0 nitrogen and oxygen atoms in total. The van der Waals surface area contributed by atoms with Crippen molar-refractivity contribution in [2.24, 2.45) is 11.8 Å². The van der Waals surface area contributed by atoms with Gasteiger partial charge in [-0.3, -0.25) is 0 Å². The van der Waals surface area contributed by atoms with E-state index in [2.05, 4.69) is 32.0 Å². The lowest BCUT2D eigenvalue weighted by atomic mass is 9.75. The van der Waals surface area contributed by atoms with Gasteiger partial charge in [0.1, 0.15) is 0 Å². The highest BCUT2D eigenvalue weighted by Gasteiger charge is 2.24. The van der Waals surface area contributed by atoms with Crippen LogP contribution in [0.1, 0.15) is 94.2 Å². The minimum Gasteiger partial charge on any atom is -0.0654 e. The second-order valence-electron chi connectivity index (χ2n) is 7.93. The van der Waals surface area contributed by atoms with Crippen molar-refractivity contribution in [3.63, 3.8) is 0 Å². The molecule has 0 heterocycles. The predicted octanol–water partition coefficient (Wildman–Crippen LogP) is 6.67. The zero-order valence-corrected chi connectivity index (χ0v) is 14.7. The Kier molecular flexibility index (Phi) is 5.61. The Morgan fingerprint density at radius 1 is 0.818 bits per heavy atom. The van der Waals surface area contributed by atoms with E-state index in [1.165, 1.54) is 70.6 Å². The first-order valence-corrected chi connectivity index (χ1v) is 9.91. The smallest absolute Gasteiger partial charge is 0.0162 e. The van der Waals surface area contributed by atoms with Crippen molar-refractivity contribution in [1.82, 2.24) is 0 Å². The fourth-order valence-corrected chi connectivity index (χ4v) is 4.95. The predicted molar refractivity (Wildman–Crippen MR) is 96.5 cm³/mol. The summed E-state index contributed by atoms with van der Waals surface area (Å²) < 4.78 is 0. The minimum absolute atomic E-state index is 0.853. The molecule has 0 aromatic heterocycles. The van der Waals surface area contributed by atoms with E-state index >= 15 is 0 Å². The first-order chi connectivity index (χ1) is 10.8. The van der Waals surface area contributed by atoms with E-state index in [1.807, 2.05) is 0 Å². The normalized spacial score (nSPS) is 28.4. The molecule has 3 rings (SSSR count). The fourth-order valence-electron chi connectivity index (χ4n) is 4.95. The SMILES string of the molecule is CCCC1CCc2cc([C@H]3CC[C@H](CCC)CC3)ccc2C1. The molecule has 0 N–H and O–H groups in total. The first-order valence-electron chi connectivity index (χ1n) is 9.91. The fraction of sp³-hybridized carbons (Fsp3) is 0.727. The lowest BCUT2D eigenvalue weighted by Gasteiger charge is -2.30. The largest absolute Gasteiger partial charge is 0.0654 e. The van der Waals surface area contributed by atoms with Gasteiger partial charge in [0.2, 0.25) is 0 Å². The van der Waals surface area contributed by atoms with Gasteiger partial charge < -0.3 is 0 Å². The Hall–Kier alpha value is -0.780. The standard InChI is InChI=1S/C22H34/c1-3-5-17-7-10-19(11-8-17)21-14-13-20-15-18(6-4-2)9-12-22(20)16-21/h13-14,16-19H,3-12,15H2,1-2H3/t17-,18?,19-. The quantitative estimate of drug-likeness (QED) is 0.569. The molecule has 1 saturated carbocycles. The van der Waals surface area contributed by atoms with Crippen LogP contribution in [0, 0.1) is 11.8 Å². The van der Waals surface area contributed by atoms with Gasteiger partial charge in [0.25, 0.3) is 0 Å². The van der Waals surface area contributed by atoms with Gasteiger partial charge in [0.05, 0.1) is 0 Å². The third kappa shape index (κ3) is 3.76. The van der Waals surface area contributed by atoms with Gasteiger partial charge in [0, 0.05) is 0 Å². The first kappa shape index (κ1) is 16.1. The molecule has 0 aliphatic heterocycles. The molecule has 2 aliphatic carbocycles.